The zero-order valence-corrected chi connectivity index (χ0v) is 12.4. The number of benzene rings is 2. The van der Waals surface area contributed by atoms with Crippen molar-refractivity contribution in [2.75, 3.05) is 0 Å². The minimum Gasteiger partial charge on any atom is -0.320 e. The van der Waals surface area contributed by atoms with Gasteiger partial charge in [-0.25, -0.2) is 5.48 Å². The number of halogens is 1. The highest BCUT2D eigenvalue weighted by molar-refractivity contribution is 5.85. The maximum absolute atomic E-state index is 11.8. The van der Waals surface area contributed by atoms with E-state index in [0.29, 0.717) is 13.0 Å². The molecule has 4 nitrogen and oxygen atoms in total. The molecule has 1 atom stereocenters. The third-order valence-corrected chi connectivity index (χ3v) is 2.89. The van der Waals surface area contributed by atoms with Gasteiger partial charge in [0.25, 0.3) is 5.91 Å². The second-order valence-corrected chi connectivity index (χ2v) is 4.54. The first kappa shape index (κ1) is 17.2. The molecule has 2 rings (SSSR count). The summed E-state index contributed by atoms with van der Waals surface area (Å²) in [7, 11) is 0. The van der Waals surface area contributed by atoms with E-state index < -0.39 is 6.04 Å². The van der Waals surface area contributed by atoms with Crippen LogP contribution in [-0.4, -0.2) is 11.9 Å². The highest BCUT2D eigenvalue weighted by Gasteiger charge is 2.13. The van der Waals surface area contributed by atoms with Crippen LogP contribution in [0.4, 0.5) is 0 Å². The highest BCUT2D eigenvalue weighted by atomic mass is 35.5. The van der Waals surface area contributed by atoms with Crippen LogP contribution in [0, 0.1) is 0 Å². The van der Waals surface area contributed by atoms with Crippen LogP contribution in [0.1, 0.15) is 11.1 Å². The molecule has 0 radical (unpaired) electrons. The van der Waals surface area contributed by atoms with Crippen molar-refractivity contribution in [1.29, 1.82) is 0 Å². The minimum absolute atomic E-state index is 0. The molecule has 0 aliphatic carbocycles. The molecule has 21 heavy (non-hydrogen) atoms. The van der Waals surface area contributed by atoms with E-state index in [1.54, 1.807) is 0 Å². The van der Waals surface area contributed by atoms with Crippen LogP contribution in [0.25, 0.3) is 0 Å². The maximum Gasteiger partial charge on any atom is 0.260 e. The maximum atomic E-state index is 11.8. The predicted octanol–water partition coefficient (Wildman–Crippen LogP) is 2.23. The molecule has 2 aromatic carbocycles. The Morgan fingerprint density at radius 3 is 2.10 bits per heavy atom. The summed E-state index contributed by atoms with van der Waals surface area (Å²) in [4.78, 5) is 16.9. The SMILES string of the molecule is Cl.NC(Cc1ccccc1)C(=O)NOCc1ccccc1. The van der Waals surface area contributed by atoms with Gasteiger partial charge in [0.2, 0.25) is 0 Å². The Balaban J connectivity index is 0.00000220. The molecule has 5 heteroatoms. The molecule has 2 aromatic rings. The molecule has 0 aromatic heterocycles. The number of hydroxylamine groups is 1. The normalized spacial score (nSPS) is 11.3. The van der Waals surface area contributed by atoms with E-state index >= 15 is 0 Å². The van der Waals surface area contributed by atoms with Gasteiger partial charge in [-0.3, -0.25) is 9.63 Å². The van der Waals surface area contributed by atoms with Gasteiger partial charge in [0.05, 0.1) is 12.6 Å². The van der Waals surface area contributed by atoms with Gasteiger partial charge in [0.15, 0.2) is 0 Å². The first-order valence-corrected chi connectivity index (χ1v) is 6.51. The van der Waals surface area contributed by atoms with Crippen molar-refractivity contribution in [2.45, 2.75) is 19.1 Å². The van der Waals surface area contributed by atoms with Crippen molar-refractivity contribution in [2.24, 2.45) is 5.73 Å². The monoisotopic (exact) mass is 306 g/mol. The fourth-order valence-corrected chi connectivity index (χ4v) is 1.80. The molecule has 0 fully saturated rings. The van der Waals surface area contributed by atoms with E-state index in [-0.39, 0.29) is 18.3 Å². The van der Waals surface area contributed by atoms with Gasteiger partial charge in [-0.05, 0) is 17.5 Å². The van der Waals surface area contributed by atoms with Crippen LogP contribution in [0.2, 0.25) is 0 Å². The third-order valence-electron chi connectivity index (χ3n) is 2.89. The van der Waals surface area contributed by atoms with Crippen molar-refractivity contribution in [1.82, 2.24) is 5.48 Å². The van der Waals surface area contributed by atoms with E-state index in [1.807, 2.05) is 60.7 Å². The van der Waals surface area contributed by atoms with Crippen LogP contribution in [0.5, 0.6) is 0 Å². The molecule has 0 saturated heterocycles. The van der Waals surface area contributed by atoms with Gasteiger partial charge < -0.3 is 5.73 Å². The molecule has 0 saturated carbocycles. The van der Waals surface area contributed by atoms with Crippen molar-refractivity contribution in [3.8, 4) is 0 Å². The van der Waals surface area contributed by atoms with Crippen molar-refractivity contribution >= 4 is 18.3 Å². The van der Waals surface area contributed by atoms with Crippen molar-refractivity contribution in [3.05, 3.63) is 71.8 Å². The fourth-order valence-electron chi connectivity index (χ4n) is 1.80. The van der Waals surface area contributed by atoms with E-state index in [2.05, 4.69) is 5.48 Å². The highest BCUT2D eigenvalue weighted by Crippen LogP contribution is 2.02. The Morgan fingerprint density at radius 1 is 1.00 bits per heavy atom. The summed E-state index contributed by atoms with van der Waals surface area (Å²) >= 11 is 0. The Hall–Kier alpha value is -1.88. The lowest BCUT2D eigenvalue weighted by atomic mass is 10.1. The van der Waals surface area contributed by atoms with E-state index in [4.69, 9.17) is 10.6 Å². The molecule has 0 bridgehead atoms. The standard InChI is InChI=1S/C16H18N2O2.ClH/c17-15(11-13-7-3-1-4-8-13)16(19)18-20-12-14-9-5-2-6-10-14;/h1-10,15H,11-12,17H2,(H,18,19);1H. The van der Waals surface area contributed by atoms with Gasteiger partial charge in [-0.1, -0.05) is 60.7 Å². The zero-order valence-electron chi connectivity index (χ0n) is 11.6. The number of hydrogen-bond donors (Lipinski definition) is 2. The lowest BCUT2D eigenvalue weighted by Crippen LogP contribution is -2.41. The topological polar surface area (TPSA) is 64.4 Å². The Kier molecular flexibility index (Phi) is 7.46. The largest absolute Gasteiger partial charge is 0.320 e. The molecular formula is C16H19ClN2O2. The van der Waals surface area contributed by atoms with Gasteiger partial charge in [0, 0.05) is 0 Å². The summed E-state index contributed by atoms with van der Waals surface area (Å²) in [5.41, 5.74) is 10.2. The number of carbonyl (C=O) groups is 1. The number of rotatable bonds is 6. The molecule has 112 valence electrons. The molecule has 1 amide bonds. The summed E-state index contributed by atoms with van der Waals surface area (Å²) in [5.74, 6) is -0.315. The van der Waals surface area contributed by atoms with Crippen LogP contribution in [0.3, 0.4) is 0 Å². The number of nitrogens with one attached hydrogen (secondary N) is 1. The van der Waals surface area contributed by atoms with Crippen LogP contribution < -0.4 is 11.2 Å². The molecule has 3 N–H and O–H groups in total. The lowest BCUT2D eigenvalue weighted by molar-refractivity contribution is -0.135. The Morgan fingerprint density at radius 2 is 1.52 bits per heavy atom. The molecule has 0 heterocycles. The fraction of sp³-hybridized carbons (Fsp3) is 0.188. The molecule has 1 unspecified atom stereocenters. The Bertz CT molecular complexity index is 534. The van der Waals surface area contributed by atoms with Crippen molar-refractivity contribution in [3.63, 3.8) is 0 Å². The average Bonchev–Trinajstić information content (AvgIpc) is 2.49. The number of hydrogen-bond acceptors (Lipinski definition) is 3. The smallest absolute Gasteiger partial charge is 0.260 e. The third kappa shape index (κ3) is 5.95. The molecule has 0 aliphatic heterocycles. The van der Waals surface area contributed by atoms with Gasteiger partial charge in [-0.2, -0.15) is 0 Å². The summed E-state index contributed by atoms with van der Waals surface area (Å²) in [5, 5.41) is 0. The predicted molar refractivity (Wildman–Crippen MR) is 84.7 cm³/mol. The van der Waals surface area contributed by atoms with E-state index in [9.17, 15) is 4.79 Å². The number of carbonyl (C=O) groups excluding carboxylic acids is 1. The summed E-state index contributed by atoms with van der Waals surface area (Å²) in [6.45, 7) is 0.324. The summed E-state index contributed by atoms with van der Waals surface area (Å²) in [6, 6.07) is 18.7. The minimum atomic E-state index is -0.617. The zero-order chi connectivity index (χ0) is 14.2. The second-order valence-electron chi connectivity index (χ2n) is 4.54. The number of nitrogens with two attached hydrogens (primary N) is 1. The lowest BCUT2D eigenvalue weighted by Gasteiger charge is -2.12. The van der Waals surface area contributed by atoms with Gasteiger partial charge in [0.1, 0.15) is 0 Å². The molecule has 0 spiro atoms. The first-order valence-electron chi connectivity index (χ1n) is 6.51. The van der Waals surface area contributed by atoms with Gasteiger partial charge >= 0.3 is 0 Å². The van der Waals surface area contributed by atoms with E-state index in [1.165, 1.54) is 0 Å². The summed E-state index contributed by atoms with van der Waals surface area (Å²) in [6.07, 6.45) is 0.487. The second kappa shape index (κ2) is 9.13. The quantitative estimate of drug-likeness (QED) is 0.804. The Labute approximate surface area is 130 Å². The first-order chi connectivity index (χ1) is 9.75. The number of amides is 1. The summed E-state index contributed by atoms with van der Waals surface area (Å²) < 4.78 is 0. The molecular weight excluding hydrogens is 288 g/mol. The van der Waals surface area contributed by atoms with Crippen molar-refractivity contribution < 1.29 is 9.63 Å². The average molecular weight is 307 g/mol. The van der Waals surface area contributed by atoms with Crippen LogP contribution in [-0.2, 0) is 22.7 Å². The van der Waals surface area contributed by atoms with Gasteiger partial charge in [-0.15, -0.1) is 12.4 Å². The molecule has 0 aliphatic rings. The van der Waals surface area contributed by atoms with Crippen LogP contribution >= 0.6 is 12.4 Å². The van der Waals surface area contributed by atoms with Crippen LogP contribution in [0.15, 0.2) is 60.7 Å². The van der Waals surface area contributed by atoms with E-state index in [0.717, 1.165) is 11.1 Å².